The molecule has 1 aromatic carbocycles. The molecule has 0 spiro atoms. The molecule has 6 heteroatoms. The summed E-state index contributed by atoms with van der Waals surface area (Å²) in [4.78, 5) is 16.9. The highest BCUT2D eigenvalue weighted by Gasteiger charge is 2.16. The first-order valence-corrected chi connectivity index (χ1v) is 9.10. The fraction of sp³-hybridized carbons (Fsp3) is 0.500. The number of carbonyl (C=O) groups excluding carboxylic acids is 1. The van der Waals surface area contributed by atoms with E-state index in [9.17, 15) is 4.79 Å². The van der Waals surface area contributed by atoms with Crippen molar-refractivity contribution in [2.24, 2.45) is 0 Å². The van der Waals surface area contributed by atoms with E-state index >= 15 is 0 Å². The van der Waals surface area contributed by atoms with Crippen molar-refractivity contribution in [3.05, 3.63) is 30.1 Å². The van der Waals surface area contributed by atoms with Crippen molar-refractivity contribution >= 4 is 28.7 Å². The number of hydrogen-bond acceptors (Lipinski definition) is 4. The second-order valence-electron chi connectivity index (χ2n) is 5.63. The van der Waals surface area contributed by atoms with Crippen molar-refractivity contribution in [3.63, 3.8) is 0 Å². The van der Waals surface area contributed by atoms with Crippen molar-refractivity contribution in [2.45, 2.75) is 31.2 Å². The highest BCUT2D eigenvalue weighted by molar-refractivity contribution is 7.97. The Labute approximate surface area is 134 Å². The number of nitrogens with one attached hydrogen (secondary N) is 2. The second kappa shape index (κ2) is 7.15. The number of nitrogens with zero attached hydrogens (tertiary/aromatic N) is 2. The van der Waals surface area contributed by atoms with Gasteiger partial charge in [-0.2, -0.15) is 11.8 Å². The number of amides is 1. The van der Waals surface area contributed by atoms with E-state index in [0.717, 1.165) is 35.6 Å². The van der Waals surface area contributed by atoms with Gasteiger partial charge in [0.2, 0.25) is 5.91 Å². The second-order valence-corrected chi connectivity index (χ2v) is 6.50. The minimum atomic E-state index is 0.0548. The van der Waals surface area contributed by atoms with Gasteiger partial charge in [0, 0.05) is 12.6 Å². The van der Waals surface area contributed by atoms with Gasteiger partial charge >= 0.3 is 0 Å². The van der Waals surface area contributed by atoms with Crippen LogP contribution in [0.4, 0.5) is 0 Å². The van der Waals surface area contributed by atoms with Gasteiger partial charge in [-0.15, -0.1) is 0 Å². The van der Waals surface area contributed by atoms with Crippen LogP contribution in [0.25, 0.3) is 11.0 Å². The van der Waals surface area contributed by atoms with Crippen LogP contribution in [0.15, 0.2) is 24.3 Å². The lowest BCUT2D eigenvalue weighted by Gasteiger charge is -2.13. The van der Waals surface area contributed by atoms with Gasteiger partial charge in [0.1, 0.15) is 12.4 Å². The summed E-state index contributed by atoms with van der Waals surface area (Å²) in [5.41, 5.74) is 1.98. The fourth-order valence-corrected chi connectivity index (χ4v) is 3.39. The Kier molecular flexibility index (Phi) is 5.00. The lowest BCUT2D eigenvalue weighted by Crippen LogP contribution is -2.38. The van der Waals surface area contributed by atoms with E-state index in [1.165, 1.54) is 6.42 Å². The van der Waals surface area contributed by atoms with E-state index < -0.39 is 0 Å². The smallest absolute Gasteiger partial charge is 0.240 e. The molecule has 1 aliphatic heterocycles. The summed E-state index contributed by atoms with van der Waals surface area (Å²) in [7, 11) is 0. The van der Waals surface area contributed by atoms with E-state index in [4.69, 9.17) is 0 Å². The van der Waals surface area contributed by atoms with Crippen LogP contribution in [-0.2, 0) is 17.1 Å². The number of carbonyl (C=O) groups is 1. The molecule has 2 aromatic rings. The van der Waals surface area contributed by atoms with Crippen molar-refractivity contribution in [1.29, 1.82) is 0 Å². The zero-order valence-corrected chi connectivity index (χ0v) is 13.7. The molecule has 1 saturated heterocycles. The summed E-state index contributed by atoms with van der Waals surface area (Å²) < 4.78 is 2.03. The number of imidazole rings is 1. The standard InChI is InChI=1S/C16H22N4OS/c1-22-11-15-19-13-6-2-3-7-14(13)20(15)10-16(21)18-9-12-5-4-8-17-12/h2-3,6-7,12,17H,4-5,8-11H2,1H3,(H,18,21). The van der Waals surface area contributed by atoms with E-state index in [2.05, 4.69) is 21.9 Å². The molecule has 1 amide bonds. The Bertz CT molecular complexity index is 649. The first-order chi connectivity index (χ1) is 10.8. The summed E-state index contributed by atoms with van der Waals surface area (Å²) in [5.74, 6) is 1.83. The van der Waals surface area contributed by atoms with Crippen molar-refractivity contribution in [2.75, 3.05) is 19.3 Å². The minimum absolute atomic E-state index is 0.0548. The summed E-state index contributed by atoms with van der Waals surface area (Å²) >= 11 is 1.72. The van der Waals surface area contributed by atoms with Crippen molar-refractivity contribution in [3.8, 4) is 0 Å². The van der Waals surface area contributed by atoms with Crippen LogP contribution < -0.4 is 10.6 Å². The number of aromatic nitrogens is 2. The predicted octanol–water partition coefficient (Wildman–Crippen LogP) is 1.77. The van der Waals surface area contributed by atoms with Gasteiger partial charge in [0.25, 0.3) is 0 Å². The van der Waals surface area contributed by atoms with Crippen LogP contribution in [0.3, 0.4) is 0 Å². The fourth-order valence-electron chi connectivity index (χ4n) is 2.91. The Morgan fingerprint density at radius 1 is 1.50 bits per heavy atom. The third-order valence-electron chi connectivity index (χ3n) is 4.02. The maximum atomic E-state index is 12.3. The molecule has 118 valence electrons. The van der Waals surface area contributed by atoms with Crippen molar-refractivity contribution in [1.82, 2.24) is 20.2 Å². The maximum Gasteiger partial charge on any atom is 0.240 e. The van der Waals surface area contributed by atoms with Gasteiger partial charge in [-0.3, -0.25) is 4.79 Å². The van der Waals surface area contributed by atoms with E-state index in [1.54, 1.807) is 11.8 Å². The first kappa shape index (κ1) is 15.4. The van der Waals surface area contributed by atoms with Gasteiger partial charge in [-0.25, -0.2) is 4.98 Å². The molecular formula is C16H22N4OS. The Balaban J connectivity index is 1.71. The third kappa shape index (κ3) is 3.44. The van der Waals surface area contributed by atoms with Crippen LogP contribution in [0.1, 0.15) is 18.7 Å². The lowest BCUT2D eigenvalue weighted by atomic mass is 10.2. The number of fused-ring (bicyclic) bond motifs is 1. The molecule has 2 heterocycles. The van der Waals surface area contributed by atoms with Crippen LogP contribution in [0.2, 0.25) is 0 Å². The molecule has 0 saturated carbocycles. The predicted molar refractivity (Wildman–Crippen MR) is 91.0 cm³/mol. The molecule has 0 radical (unpaired) electrons. The van der Waals surface area contributed by atoms with E-state index in [1.807, 2.05) is 28.8 Å². The summed E-state index contributed by atoms with van der Waals surface area (Å²) in [5, 5.41) is 6.43. The molecule has 1 unspecified atom stereocenters. The summed E-state index contributed by atoms with van der Waals surface area (Å²) in [6, 6.07) is 8.42. The quantitative estimate of drug-likeness (QED) is 0.852. The van der Waals surface area contributed by atoms with Crippen LogP contribution in [-0.4, -0.2) is 40.8 Å². The number of para-hydroxylation sites is 2. The van der Waals surface area contributed by atoms with Crippen LogP contribution in [0, 0.1) is 0 Å². The van der Waals surface area contributed by atoms with Crippen LogP contribution in [0.5, 0.6) is 0 Å². The molecule has 0 aliphatic carbocycles. The number of hydrogen-bond donors (Lipinski definition) is 2. The molecule has 1 atom stereocenters. The minimum Gasteiger partial charge on any atom is -0.353 e. The summed E-state index contributed by atoms with van der Waals surface area (Å²) in [6.07, 6.45) is 4.39. The average molecular weight is 318 g/mol. The Morgan fingerprint density at radius 3 is 3.14 bits per heavy atom. The van der Waals surface area contributed by atoms with E-state index in [0.29, 0.717) is 19.1 Å². The van der Waals surface area contributed by atoms with Gasteiger partial charge in [-0.1, -0.05) is 12.1 Å². The highest BCUT2D eigenvalue weighted by atomic mass is 32.2. The third-order valence-corrected chi connectivity index (χ3v) is 4.56. The number of benzene rings is 1. The molecule has 2 N–H and O–H groups in total. The van der Waals surface area contributed by atoms with Gasteiger partial charge in [-0.05, 0) is 37.8 Å². The zero-order chi connectivity index (χ0) is 15.4. The molecule has 0 bridgehead atoms. The molecule has 22 heavy (non-hydrogen) atoms. The van der Waals surface area contributed by atoms with Crippen molar-refractivity contribution < 1.29 is 4.79 Å². The van der Waals surface area contributed by atoms with Crippen LogP contribution >= 0.6 is 11.8 Å². The Morgan fingerprint density at radius 2 is 2.36 bits per heavy atom. The molecular weight excluding hydrogens is 296 g/mol. The average Bonchev–Trinajstić information content (AvgIpc) is 3.15. The zero-order valence-electron chi connectivity index (χ0n) is 12.8. The van der Waals surface area contributed by atoms with Gasteiger partial charge in [0.15, 0.2) is 0 Å². The number of thioether (sulfide) groups is 1. The van der Waals surface area contributed by atoms with E-state index in [-0.39, 0.29) is 5.91 Å². The highest BCUT2D eigenvalue weighted by Crippen LogP contribution is 2.18. The monoisotopic (exact) mass is 318 g/mol. The topological polar surface area (TPSA) is 59.0 Å². The molecule has 1 aliphatic rings. The molecule has 3 rings (SSSR count). The largest absolute Gasteiger partial charge is 0.353 e. The lowest BCUT2D eigenvalue weighted by molar-refractivity contribution is -0.121. The SMILES string of the molecule is CSCc1nc2ccccc2n1CC(=O)NCC1CCCN1. The normalized spacial score (nSPS) is 18.0. The molecule has 1 aromatic heterocycles. The van der Waals surface area contributed by atoms with Gasteiger partial charge in [0.05, 0.1) is 16.8 Å². The number of rotatable bonds is 6. The maximum absolute atomic E-state index is 12.3. The first-order valence-electron chi connectivity index (χ1n) is 7.71. The summed E-state index contributed by atoms with van der Waals surface area (Å²) in [6.45, 7) is 2.11. The molecule has 1 fully saturated rings. The molecule has 5 nitrogen and oxygen atoms in total. The van der Waals surface area contributed by atoms with Gasteiger partial charge < -0.3 is 15.2 Å². The Hall–Kier alpha value is -1.53.